The van der Waals surface area contributed by atoms with Crippen LogP contribution in [0.1, 0.15) is 24.0 Å². The van der Waals surface area contributed by atoms with Crippen LogP contribution in [-0.4, -0.2) is 96.3 Å². The zero-order valence-corrected chi connectivity index (χ0v) is 27.3. The van der Waals surface area contributed by atoms with Crippen LogP contribution in [-0.2, 0) is 0 Å². The molecule has 0 radical (unpaired) electrons. The van der Waals surface area contributed by atoms with E-state index in [2.05, 4.69) is 77.7 Å². The molecule has 236 valence electrons. The van der Waals surface area contributed by atoms with Crippen LogP contribution >= 0.6 is 11.9 Å². The van der Waals surface area contributed by atoms with Crippen molar-refractivity contribution in [2.24, 2.45) is 0 Å². The molecule has 2 aromatic carbocycles. The predicted molar refractivity (Wildman–Crippen MR) is 185 cm³/mol. The molecule has 4 heterocycles. The van der Waals surface area contributed by atoms with Crippen molar-refractivity contribution in [3.05, 3.63) is 60.6 Å². The number of methoxy groups -OCH3 is 1. The van der Waals surface area contributed by atoms with Gasteiger partial charge in [-0.15, -0.1) is 0 Å². The summed E-state index contributed by atoms with van der Waals surface area (Å²) in [4.78, 5) is 27.0. The van der Waals surface area contributed by atoms with Gasteiger partial charge in [-0.1, -0.05) is 12.7 Å². The van der Waals surface area contributed by atoms with Gasteiger partial charge in [0, 0.05) is 81.2 Å². The number of benzene rings is 2. The highest BCUT2D eigenvalue weighted by Gasteiger charge is 2.28. The van der Waals surface area contributed by atoms with Crippen molar-refractivity contribution in [3.63, 3.8) is 0 Å². The average molecular weight is 627 g/mol. The molecule has 3 N–H and O–H groups in total. The smallest absolute Gasteiger partial charge is 0.229 e. The van der Waals surface area contributed by atoms with E-state index >= 15 is 0 Å². The Morgan fingerprint density at radius 3 is 2.49 bits per heavy atom. The summed E-state index contributed by atoms with van der Waals surface area (Å²) in [7, 11) is 5.80. The van der Waals surface area contributed by atoms with Gasteiger partial charge in [-0.2, -0.15) is 4.98 Å². The number of fused-ring (bicyclic) bond motifs is 1. The average Bonchev–Trinajstić information content (AvgIpc) is 3.07. The van der Waals surface area contributed by atoms with E-state index in [0.29, 0.717) is 17.8 Å². The maximum absolute atomic E-state index is 5.87. The highest BCUT2D eigenvalue weighted by atomic mass is 32.2. The molecule has 0 bridgehead atoms. The highest BCUT2D eigenvalue weighted by molar-refractivity contribution is 7.97. The number of piperazine rings is 1. The Bertz CT molecular complexity index is 1650. The largest absolute Gasteiger partial charge is 0.494 e. The van der Waals surface area contributed by atoms with Gasteiger partial charge in [0.05, 0.1) is 28.9 Å². The van der Waals surface area contributed by atoms with Gasteiger partial charge < -0.3 is 25.2 Å². The van der Waals surface area contributed by atoms with Crippen molar-refractivity contribution in [3.8, 4) is 5.75 Å². The van der Waals surface area contributed by atoms with Crippen LogP contribution in [0.4, 0.5) is 28.8 Å². The second kappa shape index (κ2) is 14.0. The Labute approximate surface area is 269 Å². The van der Waals surface area contributed by atoms with E-state index in [0.717, 1.165) is 64.8 Å². The molecule has 45 heavy (non-hydrogen) atoms. The number of ether oxygens (including phenoxy) is 1. The van der Waals surface area contributed by atoms with E-state index in [1.54, 1.807) is 31.8 Å². The van der Waals surface area contributed by atoms with Crippen molar-refractivity contribution in [1.82, 2.24) is 34.5 Å². The monoisotopic (exact) mass is 626 g/mol. The minimum atomic E-state index is 0.449. The van der Waals surface area contributed by atoms with E-state index in [-0.39, 0.29) is 0 Å². The van der Waals surface area contributed by atoms with Gasteiger partial charge in [0.1, 0.15) is 17.1 Å². The molecule has 12 heteroatoms. The summed E-state index contributed by atoms with van der Waals surface area (Å²) in [5, 5.41) is 6.89. The molecule has 4 aromatic rings. The van der Waals surface area contributed by atoms with E-state index in [1.807, 2.05) is 19.2 Å². The Morgan fingerprint density at radius 1 is 0.978 bits per heavy atom. The third kappa shape index (κ3) is 6.84. The molecule has 2 saturated heterocycles. The molecule has 0 atom stereocenters. The number of likely N-dealkylation sites (N-methyl/N-ethyl adjacent to an activating group) is 1. The lowest BCUT2D eigenvalue weighted by molar-refractivity contribution is 0.0982. The molecule has 0 amide bonds. The van der Waals surface area contributed by atoms with E-state index in [4.69, 9.17) is 9.72 Å². The van der Waals surface area contributed by atoms with Gasteiger partial charge in [0.2, 0.25) is 5.95 Å². The van der Waals surface area contributed by atoms with Gasteiger partial charge in [-0.05, 0) is 69.6 Å². The molecule has 0 saturated carbocycles. The molecule has 2 aromatic heterocycles. The minimum absolute atomic E-state index is 0.449. The standard InChI is InChI=1S/C33H42N10OS/c1-6-23-21-37-33(40-32(23)38-26-8-7-25-30(31(26)45-34-3)36-12-11-35-25)39-27-19-22(2)28(20-29(27)44-5)43-13-9-24(10-14-43)42-17-15-41(4)16-18-42/h6-8,11-12,19-21,24,34H,1,9-10,13-18H2,2-5H3,(H2,37,38,39,40). The van der Waals surface area contributed by atoms with Gasteiger partial charge in [0.25, 0.3) is 0 Å². The summed E-state index contributed by atoms with van der Waals surface area (Å²) in [6.07, 6.45) is 9.26. The SMILES string of the molecule is C=Cc1cnc(Nc2cc(C)c(N3CCC(N4CCN(C)CC4)CC3)cc2OC)nc1Nc1ccc2nccnc2c1SNC. The second-order valence-electron chi connectivity index (χ2n) is 11.5. The van der Waals surface area contributed by atoms with Crippen molar-refractivity contribution < 1.29 is 4.74 Å². The van der Waals surface area contributed by atoms with Gasteiger partial charge in [-0.25, -0.2) is 4.98 Å². The lowest BCUT2D eigenvalue weighted by Crippen LogP contribution is -2.52. The van der Waals surface area contributed by atoms with Gasteiger partial charge in [0.15, 0.2) is 0 Å². The predicted octanol–water partition coefficient (Wildman–Crippen LogP) is 5.31. The zero-order valence-electron chi connectivity index (χ0n) is 26.5. The summed E-state index contributed by atoms with van der Waals surface area (Å²) in [5.74, 6) is 1.83. The lowest BCUT2D eigenvalue weighted by atomic mass is 10.0. The van der Waals surface area contributed by atoms with Crippen molar-refractivity contribution in [1.29, 1.82) is 0 Å². The number of nitrogens with one attached hydrogen (secondary N) is 3. The number of anilines is 5. The Kier molecular flexibility index (Phi) is 9.64. The quantitative estimate of drug-likeness (QED) is 0.199. The molecule has 0 spiro atoms. The highest BCUT2D eigenvalue weighted by Crippen LogP contribution is 2.37. The van der Waals surface area contributed by atoms with Crippen LogP contribution in [0.25, 0.3) is 17.1 Å². The number of hydrogen-bond acceptors (Lipinski definition) is 12. The summed E-state index contributed by atoms with van der Waals surface area (Å²) < 4.78 is 9.03. The molecule has 11 nitrogen and oxygen atoms in total. The van der Waals surface area contributed by atoms with Crippen LogP contribution in [0.15, 0.2) is 54.3 Å². The number of aromatic nitrogens is 4. The minimum Gasteiger partial charge on any atom is -0.494 e. The molecule has 0 unspecified atom stereocenters. The fourth-order valence-electron chi connectivity index (χ4n) is 6.21. The van der Waals surface area contributed by atoms with Crippen LogP contribution in [0, 0.1) is 6.92 Å². The number of piperidine rings is 1. The van der Waals surface area contributed by atoms with Crippen LogP contribution in [0.2, 0.25) is 0 Å². The summed E-state index contributed by atoms with van der Waals surface area (Å²) in [6.45, 7) is 12.9. The van der Waals surface area contributed by atoms with Crippen molar-refractivity contribution >= 4 is 57.9 Å². The van der Waals surface area contributed by atoms with E-state index in [9.17, 15) is 0 Å². The van der Waals surface area contributed by atoms with Crippen LogP contribution < -0.4 is 25.0 Å². The second-order valence-corrected chi connectivity index (χ2v) is 12.5. The summed E-state index contributed by atoms with van der Waals surface area (Å²) >= 11 is 1.47. The normalized spacial score (nSPS) is 16.6. The molecular weight excluding hydrogens is 584 g/mol. The Balaban J connectivity index is 1.20. The summed E-state index contributed by atoms with van der Waals surface area (Å²) in [6, 6.07) is 8.87. The zero-order chi connectivity index (χ0) is 31.3. The van der Waals surface area contributed by atoms with Gasteiger partial charge in [-0.3, -0.25) is 19.6 Å². The van der Waals surface area contributed by atoms with Crippen LogP contribution in [0.5, 0.6) is 5.75 Å². The topological polar surface area (TPSA) is 107 Å². The van der Waals surface area contributed by atoms with Gasteiger partial charge >= 0.3 is 0 Å². The number of hydrogen-bond donors (Lipinski definition) is 3. The molecular formula is C33H42N10OS. The van der Waals surface area contributed by atoms with Crippen molar-refractivity contribution in [2.45, 2.75) is 30.7 Å². The molecule has 2 fully saturated rings. The van der Waals surface area contributed by atoms with Crippen LogP contribution in [0.3, 0.4) is 0 Å². The Morgan fingerprint density at radius 2 is 1.76 bits per heavy atom. The first kappa shape index (κ1) is 31.0. The first-order valence-corrected chi connectivity index (χ1v) is 16.3. The molecule has 2 aliphatic heterocycles. The molecule has 2 aliphatic rings. The number of nitrogens with zero attached hydrogens (tertiary/aromatic N) is 7. The number of aryl methyl sites for hydroxylation is 1. The summed E-state index contributed by atoms with van der Waals surface area (Å²) in [5.41, 5.74) is 6.47. The fraction of sp³-hybridized carbons (Fsp3) is 0.394. The van der Waals surface area contributed by atoms with E-state index in [1.165, 1.54) is 49.1 Å². The third-order valence-corrected chi connectivity index (χ3v) is 9.53. The maximum Gasteiger partial charge on any atom is 0.229 e. The lowest BCUT2D eigenvalue weighted by Gasteiger charge is -2.43. The maximum atomic E-state index is 5.87. The number of rotatable bonds is 10. The molecule has 0 aliphatic carbocycles. The molecule has 6 rings (SSSR count). The third-order valence-electron chi connectivity index (χ3n) is 8.71. The first-order chi connectivity index (χ1) is 22.0. The fourth-order valence-corrected chi connectivity index (χ4v) is 6.89. The van der Waals surface area contributed by atoms with Crippen molar-refractivity contribution in [2.75, 3.05) is 76.0 Å². The van der Waals surface area contributed by atoms with E-state index < -0.39 is 0 Å². The Hall–Kier alpha value is -3.97. The first-order valence-electron chi connectivity index (χ1n) is 15.4.